The van der Waals surface area contributed by atoms with Crippen molar-refractivity contribution in [3.8, 4) is 0 Å². The summed E-state index contributed by atoms with van der Waals surface area (Å²) in [5.41, 5.74) is 0.701. The summed E-state index contributed by atoms with van der Waals surface area (Å²) in [6, 6.07) is 0. The highest BCUT2D eigenvalue weighted by molar-refractivity contribution is 5.90. The standard InChI is InChI=1S/C10H14O2/c1-6-3-4-8-7(2)10(11)12-9(8)5-6/h6,8-9H,2-5H2,1H3/t6?,8?,9-/m0/s1. The van der Waals surface area contributed by atoms with E-state index in [-0.39, 0.29) is 12.1 Å². The average molecular weight is 166 g/mol. The summed E-state index contributed by atoms with van der Waals surface area (Å²) >= 11 is 0. The molecule has 2 heteroatoms. The van der Waals surface area contributed by atoms with Crippen LogP contribution in [0.4, 0.5) is 0 Å². The normalized spacial score (nSPS) is 40.9. The Morgan fingerprint density at radius 1 is 1.50 bits per heavy atom. The highest BCUT2D eigenvalue weighted by atomic mass is 16.6. The zero-order chi connectivity index (χ0) is 8.72. The zero-order valence-corrected chi connectivity index (χ0v) is 7.38. The Labute approximate surface area is 72.6 Å². The Bertz CT molecular complexity index is 232. The van der Waals surface area contributed by atoms with E-state index in [0.29, 0.717) is 17.4 Å². The van der Waals surface area contributed by atoms with Crippen molar-refractivity contribution in [2.24, 2.45) is 11.8 Å². The van der Waals surface area contributed by atoms with Crippen molar-refractivity contribution in [2.45, 2.75) is 32.3 Å². The van der Waals surface area contributed by atoms with Gasteiger partial charge in [-0.1, -0.05) is 13.5 Å². The molecule has 1 saturated heterocycles. The van der Waals surface area contributed by atoms with Gasteiger partial charge in [-0.05, 0) is 25.2 Å². The lowest BCUT2D eigenvalue weighted by atomic mass is 9.79. The lowest BCUT2D eigenvalue weighted by Crippen LogP contribution is -2.25. The van der Waals surface area contributed by atoms with Gasteiger partial charge in [0.1, 0.15) is 6.10 Å². The Hall–Kier alpha value is -0.790. The molecule has 1 aliphatic heterocycles. The van der Waals surface area contributed by atoms with Gasteiger partial charge in [-0.3, -0.25) is 0 Å². The smallest absolute Gasteiger partial charge is 0.334 e. The van der Waals surface area contributed by atoms with Crippen molar-refractivity contribution in [1.29, 1.82) is 0 Å². The van der Waals surface area contributed by atoms with E-state index in [1.165, 1.54) is 6.42 Å². The quantitative estimate of drug-likeness (QED) is 0.406. The Morgan fingerprint density at radius 2 is 2.25 bits per heavy atom. The second kappa shape index (κ2) is 2.61. The predicted octanol–water partition coefficient (Wildman–Crippen LogP) is 1.90. The first kappa shape index (κ1) is 7.84. The van der Waals surface area contributed by atoms with Crippen LogP contribution >= 0.6 is 0 Å². The molecule has 3 atom stereocenters. The Morgan fingerprint density at radius 3 is 3.00 bits per heavy atom. The molecule has 12 heavy (non-hydrogen) atoms. The van der Waals surface area contributed by atoms with E-state index in [2.05, 4.69) is 13.5 Å². The predicted molar refractivity (Wildman–Crippen MR) is 45.5 cm³/mol. The van der Waals surface area contributed by atoms with Gasteiger partial charge in [0.15, 0.2) is 0 Å². The molecule has 1 saturated carbocycles. The molecule has 0 aromatic heterocycles. The van der Waals surface area contributed by atoms with Crippen LogP contribution < -0.4 is 0 Å². The first-order chi connectivity index (χ1) is 5.68. The van der Waals surface area contributed by atoms with Crippen molar-refractivity contribution in [1.82, 2.24) is 0 Å². The fraction of sp³-hybridized carbons (Fsp3) is 0.700. The third kappa shape index (κ3) is 1.06. The molecule has 2 fully saturated rings. The maximum absolute atomic E-state index is 11.1. The van der Waals surface area contributed by atoms with Gasteiger partial charge in [0.2, 0.25) is 0 Å². The average Bonchev–Trinajstić information content (AvgIpc) is 2.28. The highest BCUT2D eigenvalue weighted by Gasteiger charge is 2.41. The molecule has 0 spiro atoms. The van der Waals surface area contributed by atoms with E-state index in [4.69, 9.17) is 4.74 Å². The summed E-state index contributed by atoms with van der Waals surface area (Å²) in [5.74, 6) is 0.859. The van der Waals surface area contributed by atoms with Gasteiger partial charge in [-0.15, -0.1) is 0 Å². The van der Waals surface area contributed by atoms with Crippen molar-refractivity contribution in [3.63, 3.8) is 0 Å². The summed E-state index contributed by atoms with van der Waals surface area (Å²) in [6.45, 7) is 5.98. The fourth-order valence-corrected chi connectivity index (χ4v) is 2.22. The monoisotopic (exact) mass is 166 g/mol. The molecule has 0 amide bonds. The van der Waals surface area contributed by atoms with E-state index in [9.17, 15) is 4.79 Å². The molecular weight excluding hydrogens is 152 g/mol. The van der Waals surface area contributed by atoms with Crippen LogP contribution in [-0.4, -0.2) is 12.1 Å². The Balaban J connectivity index is 2.14. The number of esters is 1. The first-order valence-corrected chi connectivity index (χ1v) is 4.58. The molecule has 0 aromatic rings. The second-order valence-corrected chi connectivity index (χ2v) is 3.99. The molecule has 1 heterocycles. The lowest BCUT2D eigenvalue weighted by molar-refractivity contribution is -0.140. The summed E-state index contributed by atoms with van der Waals surface area (Å²) in [4.78, 5) is 11.1. The van der Waals surface area contributed by atoms with Crippen molar-refractivity contribution >= 4 is 5.97 Å². The van der Waals surface area contributed by atoms with E-state index >= 15 is 0 Å². The molecule has 0 radical (unpaired) electrons. The largest absolute Gasteiger partial charge is 0.458 e. The molecule has 1 aliphatic carbocycles. The van der Waals surface area contributed by atoms with Crippen LogP contribution in [0.15, 0.2) is 12.2 Å². The molecule has 2 rings (SSSR count). The lowest BCUT2D eigenvalue weighted by Gasteiger charge is -2.27. The van der Waals surface area contributed by atoms with Crippen molar-refractivity contribution in [3.05, 3.63) is 12.2 Å². The Kier molecular flexibility index (Phi) is 1.71. The molecule has 0 aromatic carbocycles. The number of carbonyl (C=O) groups excluding carboxylic acids is 1. The molecule has 66 valence electrons. The topological polar surface area (TPSA) is 26.3 Å². The summed E-state index contributed by atoms with van der Waals surface area (Å²) < 4.78 is 5.21. The van der Waals surface area contributed by atoms with E-state index in [0.717, 1.165) is 12.8 Å². The van der Waals surface area contributed by atoms with Crippen LogP contribution in [0.25, 0.3) is 0 Å². The third-order valence-electron chi connectivity index (χ3n) is 3.02. The minimum absolute atomic E-state index is 0.147. The number of hydrogen-bond acceptors (Lipinski definition) is 2. The van der Waals surface area contributed by atoms with Gasteiger partial charge >= 0.3 is 5.97 Å². The summed E-state index contributed by atoms with van der Waals surface area (Å²) in [6.07, 6.45) is 3.46. The van der Waals surface area contributed by atoms with Crippen LogP contribution in [0.5, 0.6) is 0 Å². The SMILES string of the molecule is C=C1C(=O)O[C@H]2CC(C)CCC12. The minimum atomic E-state index is -0.167. The summed E-state index contributed by atoms with van der Waals surface area (Å²) in [7, 11) is 0. The molecule has 2 nitrogen and oxygen atoms in total. The number of carbonyl (C=O) groups is 1. The van der Waals surface area contributed by atoms with Crippen LogP contribution in [0, 0.1) is 11.8 Å². The molecule has 0 bridgehead atoms. The zero-order valence-electron chi connectivity index (χ0n) is 7.38. The summed E-state index contributed by atoms with van der Waals surface area (Å²) in [5, 5.41) is 0. The van der Waals surface area contributed by atoms with Gasteiger partial charge < -0.3 is 4.74 Å². The van der Waals surface area contributed by atoms with Gasteiger partial charge in [0.25, 0.3) is 0 Å². The fourth-order valence-electron chi connectivity index (χ4n) is 2.22. The molecular formula is C10H14O2. The minimum Gasteiger partial charge on any atom is -0.458 e. The first-order valence-electron chi connectivity index (χ1n) is 4.58. The van der Waals surface area contributed by atoms with Crippen molar-refractivity contribution in [2.75, 3.05) is 0 Å². The maximum atomic E-state index is 11.1. The van der Waals surface area contributed by atoms with Crippen LogP contribution in [0.1, 0.15) is 26.2 Å². The van der Waals surface area contributed by atoms with Gasteiger partial charge in [0, 0.05) is 11.5 Å². The van der Waals surface area contributed by atoms with Gasteiger partial charge in [-0.2, -0.15) is 0 Å². The molecule has 2 unspecified atom stereocenters. The van der Waals surface area contributed by atoms with Crippen molar-refractivity contribution < 1.29 is 9.53 Å². The number of hydrogen-bond donors (Lipinski definition) is 0. The second-order valence-electron chi connectivity index (χ2n) is 3.99. The number of fused-ring (bicyclic) bond motifs is 1. The van der Waals surface area contributed by atoms with E-state index in [1.54, 1.807) is 0 Å². The van der Waals surface area contributed by atoms with E-state index < -0.39 is 0 Å². The number of ether oxygens (including phenoxy) is 1. The maximum Gasteiger partial charge on any atom is 0.334 e. The van der Waals surface area contributed by atoms with Gasteiger partial charge in [0.05, 0.1) is 0 Å². The van der Waals surface area contributed by atoms with Crippen LogP contribution in [0.2, 0.25) is 0 Å². The van der Waals surface area contributed by atoms with Gasteiger partial charge in [-0.25, -0.2) is 4.79 Å². The van der Waals surface area contributed by atoms with Crippen LogP contribution in [-0.2, 0) is 9.53 Å². The third-order valence-corrected chi connectivity index (χ3v) is 3.02. The van der Waals surface area contributed by atoms with E-state index in [1.807, 2.05) is 0 Å². The number of rotatable bonds is 0. The van der Waals surface area contributed by atoms with Crippen LogP contribution in [0.3, 0.4) is 0 Å². The molecule has 2 aliphatic rings. The molecule has 0 N–H and O–H groups in total. The highest BCUT2D eigenvalue weighted by Crippen LogP contribution is 2.39.